The third-order valence-electron chi connectivity index (χ3n) is 5.26. The van der Waals surface area contributed by atoms with E-state index >= 15 is 0 Å². The highest BCUT2D eigenvalue weighted by molar-refractivity contribution is 5.81. The Morgan fingerprint density at radius 2 is 1.79 bits per heavy atom. The van der Waals surface area contributed by atoms with Crippen LogP contribution in [0.15, 0.2) is 10.6 Å². The molecule has 1 aromatic rings. The van der Waals surface area contributed by atoms with Crippen molar-refractivity contribution in [3.8, 4) is 0 Å². The standard InChI is InChI=1S/C18H30N4O2/c1-15-13-19-17(24-15)14-20-9-11-21(12-10-20)16(2)18(23)22-7-5-3-4-6-8-22/h13,16H,3-12,14H2,1-2H3. The molecule has 2 aliphatic rings. The van der Waals surface area contributed by atoms with Crippen LogP contribution in [0.25, 0.3) is 0 Å². The van der Waals surface area contributed by atoms with E-state index in [2.05, 4.69) is 26.6 Å². The van der Waals surface area contributed by atoms with Gasteiger partial charge in [0.15, 0.2) is 0 Å². The van der Waals surface area contributed by atoms with Gasteiger partial charge in [0, 0.05) is 39.3 Å². The molecule has 2 aliphatic heterocycles. The molecule has 3 heterocycles. The van der Waals surface area contributed by atoms with Gasteiger partial charge in [0.05, 0.1) is 18.8 Å². The van der Waals surface area contributed by atoms with Gasteiger partial charge in [-0.15, -0.1) is 0 Å². The van der Waals surface area contributed by atoms with E-state index in [1.165, 1.54) is 12.8 Å². The van der Waals surface area contributed by atoms with Gasteiger partial charge in [-0.1, -0.05) is 12.8 Å². The van der Waals surface area contributed by atoms with Crippen molar-refractivity contribution < 1.29 is 9.21 Å². The monoisotopic (exact) mass is 334 g/mol. The van der Waals surface area contributed by atoms with Crippen molar-refractivity contribution in [2.75, 3.05) is 39.3 Å². The highest BCUT2D eigenvalue weighted by Crippen LogP contribution is 2.15. The van der Waals surface area contributed by atoms with Crippen LogP contribution >= 0.6 is 0 Å². The maximum Gasteiger partial charge on any atom is 0.239 e. The van der Waals surface area contributed by atoms with Crippen molar-refractivity contribution >= 4 is 5.91 Å². The minimum atomic E-state index is -0.00534. The third-order valence-corrected chi connectivity index (χ3v) is 5.26. The largest absolute Gasteiger partial charge is 0.445 e. The van der Waals surface area contributed by atoms with Gasteiger partial charge >= 0.3 is 0 Å². The van der Waals surface area contributed by atoms with Gasteiger partial charge < -0.3 is 9.32 Å². The van der Waals surface area contributed by atoms with E-state index < -0.39 is 0 Å². The normalized spacial score (nSPS) is 22.3. The van der Waals surface area contributed by atoms with Crippen LogP contribution in [0, 0.1) is 6.92 Å². The maximum absolute atomic E-state index is 12.8. The zero-order chi connectivity index (χ0) is 16.9. The predicted octanol–water partition coefficient (Wildman–Crippen LogP) is 1.89. The summed E-state index contributed by atoms with van der Waals surface area (Å²) in [6.45, 7) is 10.4. The van der Waals surface area contributed by atoms with E-state index in [1.807, 2.05) is 6.92 Å². The number of aromatic nitrogens is 1. The van der Waals surface area contributed by atoms with Gasteiger partial charge in [0.2, 0.25) is 11.8 Å². The molecule has 0 N–H and O–H groups in total. The van der Waals surface area contributed by atoms with Gasteiger partial charge in [0.25, 0.3) is 0 Å². The maximum atomic E-state index is 12.8. The first-order chi connectivity index (χ1) is 11.6. The SMILES string of the molecule is Cc1cnc(CN2CCN(C(C)C(=O)N3CCCCCC3)CC2)o1. The topological polar surface area (TPSA) is 52.8 Å². The summed E-state index contributed by atoms with van der Waals surface area (Å²) in [4.78, 5) is 23.8. The van der Waals surface area contributed by atoms with Gasteiger partial charge in [-0.25, -0.2) is 4.98 Å². The number of hydrogen-bond donors (Lipinski definition) is 0. The van der Waals surface area contributed by atoms with Crippen molar-refractivity contribution in [2.45, 2.75) is 52.1 Å². The minimum Gasteiger partial charge on any atom is -0.445 e. The average molecular weight is 334 g/mol. The lowest BCUT2D eigenvalue weighted by Crippen LogP contribution is -2.54. The summed E-state index contributed by atoms with van der Waals surface area (Å²) in [6.07, 6.45) is 6.60. The van der Waals surface area contributed by atoms with E-state index in [9.17, 15) is 4.79 Å². The summed E-state index contributed by atoms with van der Waals surface area (Å²) >= 11 is 0. The summed E-state index contributed by atoms with van der Waals surface area (Å²) in [7, 11) is 0. The number of likely N-dealkylation sites (tertiary alicyclic amines) is 1. The van der Waals surface area contributed by atoms with E-state index in [1.54, 1.807) is 6.20 Å². The second-order valence-electron chi connectivity index (χ2n) is 7.09. The Bertz CT molecular complexity index is 529. The Morgan fingerprint density at radius 1 is 1.12 bits per heavy atom. The van der Waals surface area contributed by atoms with Crippen molar-refractivity contribution in [1.29, 1.82) is 0 Å². The summed E-state index contributed by atoms with van der Waals surface area (Å²) in [6, 6.07) is -0.00534. The van der Waals surface area contributed by atoms with E-state index in [0.29, 0.717) is 5.91 Å². The molecule has 0 radical (unpaired) electrons. The number of rotatable bonds is 4. The first kappa shape index (κ1) is 17.4. The second kappa shape index (κ2) is 8.12. The number of carbonyl (C=O) groups excluding carboxylic acids is 1. The first-order valence-electron chi connectivity index (χ1n) is 9.30. The molecule has 2 saturated heterocycles. The molecule has 134 valence electrons. The number of oxazole rings is 1. The van der Waals surface area contributed by atoms with Crippen molar-refractivity contribution in [3.63, 3.8) is 0 Å². The number of piperazine rings is 1. The van der Waals surface area contributed by atoms with Crippen LogP contribution in [0.5, 0.6) is 0 Å². The molecule has 0 bridgehead atoms. The third kappa shape index (κ3) is 4.36. The molecule has 24 heavy (non-hydrogen) atoms. The average Bonchev–Trinajstić information content (AvgIpc) is 2.84. The fourth-order valence-corrected chi connectivity index (χ4v) is 3.69. The molecular weight excluding hydrogens is 304 g/mol. The van der Waals surface area contributed by atoms with E-state index in [4.69, 9.17) is 4.42 Å². The van der Waals surface area contributed by atoms with Crippen LogP contribution in [0.1, 0.15) is 44.3 Å². The molecule has 1 aromatic heterocycles. The van der Waals surface area contributed by atoms with Gasteiger partial charge in [-0.2, -0.15) is 0 Å². The van der Waals surface area contributed by atoms with Crippen LogP contribution in [0.2, 0.25) is 0 Å². The van der Waals surface area contributed by atoms with Crippen LogP contribution in [0.3, 0.4) is 0 Å². The van der Waals surface area contributed by atoms with Crippen LogP contribution in [-0.4, -0.2) is 70.9 Å². The Hall–Kier alpha value is -1.40. The van der Waals surface area contributed by atoms with Gasteiger partial charge in [-0.3, -0.25) is 14.6 Å². The van der Waals surface area contributed by atoms with Crippen molar-refractivity contribution in [2.24, 2.45) is 0 Å². The lowest BCUT2D eigenvalue weighted by atomic mass is 10.2. The molecule has 0 spiro atoms. The van der Waals surface area contributed by atoms with Crippen molar-refractivity contribution in [1.82, 2.24) is 19.7 Å². The van der Waals surface area contributed by atoms with Crippen LogP contribution < -0.4 is 0 Å². The number of hydrogen-bond acceptors (Lipinski definition) is 5. The van der Waals surface area contributed by atoms with Crippen molar-refractivity contribution in [3.05, 3.63) is 17.8 Å². The van der Waals surface area contributed by atoms with Crippen LogP contribution in [-0.2, 0) is 11.3 Å². The molecule has 0 saturated carbocycles. The molecule has 1 unspecified atom stereocenters. The molecule has 1 amide bonds. The number of nitrogens with zero attached hydrogens (tertiary/aromatic N) is 4. The Kier molecular flexibility index (Phi) is 5.89. The number of aryl methyl sites for hydroxylation is 1. The quantitative estimate of drug-likeness (QED) is 0.842. The van der Waals surface area contributed by atoms with Gasteiger partial charge in [-0.05, 0) is 26.7 Å². The van der Waals surface area contributed by atoms with E-state index in [-0.39, 0.29) is 6.04 Å². The highest BCUT2D eigenvalue weighted by atomic mass is 16.4. The summed E-state index contributed by atoms with van der Waals surface area (Å²) in [5.74, 6) is 1.96. The molecule has 3 rings (SSSR count). The molecule has 6 heteroatoms. The smallest absolute Gasteiger partial charge is 0.239 e. The first-order valence-corrected chi connectivity index (χ1v) is 9.30. The van der Waals surface area contributed by atoms with E-state index in [0.717, 1.165) is 70.3 Å². The zero-order valence-corrected chi connectivity index (χ0v) is 15.0. The molecule has 1 atom stereocenters. The van der Waals surface area contributed by atoms with Gasteiger partial charge in [0.1, 0.15) is 5.76 Å². The predicted molar refractivity (Wildman–Crippen MR) is 92.6 cm³/mol. The fourth-order valence-electron chi connectivity index (χ4n) is 3.69. The molecule has 0 aromatic carbocycles. The summed E-state index contributed by atoms with van der Waals surface area (Å²) in [5, 5.41) is 0. The second-order valence-corrected chi connectivity index (χ2v) is 7.09. The highest BCUT2D eigenvalue weighted by Gasteiger charge is 2.29. The summed E-state index contributed by atoms with van der Waals surface area (Å²) < 4.78 is 5.56. The lowest BCUT2D eigenvalue weighted by molar-refractivity contribution is -0.137. The minimum absolute atomic E-state index is 0.00534. The molecule has 2 fully saturated rings. The fraction of sp³-hybridized carbons (Fsp3) is 0.778. The zero-order valence-electron chi connectivity index (χ0n) is 15.0. The number of carbonyl (C=O) groups is 1. The lowest BCUT2D eigenvalue weighted by Gasteiger charge is -2.38. The Labute approximate surface area is 144 Å². The Morgan fingerprint density at radius 3 is 2.38 bits per heavy atom. The Balaban J connectivity index is 1.47. The molecular formula is C18H30N4O2. The molecule has 0 aliphatic carbocycles. The molecule has 6 nitrogen and oxygen atoms in total. The number of amides is 1. The summed E-state index contributed by atoms with van der Waals surface area (Å²) in [5.41, 5.74) is 0. The van der Waals surface area contributed by atoms with Crippen LogP contribution in [0.4, 0.5) is 0 Å².